The maximum atomic E-state index is 12.4. The first kappa shape index (κ1) is 12.4. The van der Waals surface area contributed by atoms with Gasteiger partial charge in [0, 0.05) is 18.1 Å². The average Bonchev–Trinajstić information content (AvgIpc) is 2.85. The van der Waals surface area contributed by atoms with Crippen LogP contribution >= 0.6 is 0 Å². The second-order valence-electron chi connectivity index (χ2n) is 5.42. The van der Waals surface area contributed by atoms with Crippen molar-refractivity contribution in [1.82, 2.24) is 10.2 Å². The molecule has 96 valence electrons. The molecule has 2 heterocycles. The molecule has 2 aliphatic heterocycles. The molecule has 2 bridgehead atoms. The fraction of sp³-hybridized carbons (Fsp3) is 0.833. The van der Waals surface area contributed by atoms with Gasteiger partial charge in [0.2, 0.25) is 11.8 Å². The number of nitrogens with two attached hydrogens (primary N) is 1. The summed E-state index contributed by atoms with van der Waals surface area (Å²) in [6.07, 6.45) is 3.15. The Morgan fingerprint density at radius 2 is 2.12 bits per heavy atom. The smallest absolute Gasteiger partial charge is 0.237 e. The SMILES string of the molecule is CC(C)N(CC(N)=O)C(=O)C1CC2CCC1N2. The van der Waals surface area contributed by atoms with E-state index in [4.69, 9.17) is 5.73 Å². The number of nitrogens with one attached hydrogen (secondary N) is 1. The summed E-state index contributed by atoms with van der Waals surface area (Å²) in [7, 11) is 0. The lowest BCUT2D eigenvalue weighted by Gasteiger charge is -2.30. The summed E-state index contributed by atoms with van der Waals surface area (Å²) in [5, 5.41) is 3.44. The monoisotopic (exact) mass is 239 g/mol. The number of amides is 2. The number of hydrogen-bond donors (Lipinski definition) is 2. The molecule has 0 spiro atoms. The van der Waals surface area contributed by atoms with Crippen LogP contribution in [0.15, 0.2) is 0 Å². The first-order chi connectivity index (χ1) is 7.99. The van der Waals surface area contributed by atoms with Crippen molar-refractivity contribution < 1.29 is 9.59 Å². The van der Waals surface area contributed by atoms with Crippen LogP contribution in [-0.4, -0.2) is 41.4 Å². The maximum Gasteiger partial charge on any atom is 0.237 e. The zero-order valence-electron chi connectivity index (χ0n) is 10.5. The van der Waals surface area contributed by atoms with E-state index in [1.54, 1.807) is 4.90 Å². The standard InChI is InChI=1S/C12H21N3O2/c1-7(2)15(6-11(13)16)12(17)9-5-8-3-4-10(9)14-8/h7-10,14H,3-6H2,1-2H3,(H2,13,16). The van der Waals surface area contributed by atoms with Crippen molar-refractivity contribution in [2.75, 3.05) is 6.54 Å². The van der Waals surface area contributed by atoms with Gasteiger partial charge in [-0.1, -0.05) is 0 Å². The number of carbonyl (C=O) groups excluding carboxylic acids is 2. The van der Waals surface area contributed by atoms with Gasteiger partial charge in [0.05, 0.1) is 12.5 Å². The Hall–Kier alpha value is -1.10. The van der Waals surface area contributed by atoms with Crippen LogP contribution in [0.2, 0.25) is 0 Å². The summed E-state index contributed by atoms with van der Waals surface area (Å²) in [4.78, 5) is 25.0. The largest absolute Gasteiger partial charge is 0.368 e. The van der Waals surface area contributed by atoms with E-state index >= 15 is 0 Å². The molecule has 2 aliphatic rings. The van der Waals surface area contributed by atoms with E-state index in [1.807, 2.05) is 13.8 Å². The molecule has 17 heavy (non-hydrogen) atoms. The highest BCUT2D eigenvalue weighted by atomic mass is 16.2. The molecule has 0 radical (unpaired) electrons. The van der Waals surface area contributed by atoms with Crippen LogP contribution in [0, 0.1) is 5.92 Å². The van der Waals surface area contributed by atoms with Crippen molar-refractivity contribution in [2.24, 2.45) is 11.7 Å². The number of carbonyl (C=O) groups is 2. The second kappa shape index (κ2) is 4.64. The van der Waals surface area contributed by atoms with Gasteiger partial charge in [-0.2, -0.15) is 0 Å². The van der Waals surface area contributed by atoms with E-state index in [1.165, 1.54) is 6.42 Å². The molecule has 0 aromatic carbocycles. The van der Waals surface area contributed by atoms with Crippen molar-refractivity contribution in [2.45, 2.75) is 51.2 Å². The maximum absolute atomic E-state index is 12.4. The lowest BCUT2D eigenvalue weighted by molar-refractivity contribution is -0.141. The van der Waals surface area contributed by atoms with Gasteiger partial charge in [0.25, 0.3) is 0 Å². The van der Waals surface area contributed by atoms with Gasteiger partial charge in [-0.3, -0.25) is 9.59 Å². The topological polar surface area (TPSA) is 75.4 Å². The molecule has 0 saturated carbocycles. The zero-order valence-corrected chi connectivity index (χ0v) is 10.5. The number of rotatable bonds is 4. The van der Waals surface area contributed by atoms with Gasteiger partial charge in [0.1, 0.15) is 0 Å². The Labute approximate surface area is 102 Å². The second-order valence-corrected chi connectivity index (χ2v) is 5.42. The summed E-state index contributed by atoms with van der Waals surface area (Å²) >= 11 is 0. The van der Waals surface area contributed by atoms with Crippen molar-refractivity contribution in [3.05, 3.63) is 0 Å². The normalized spacial score (nSPS) is 30.9. The quantitative estimate of drug-likeness (QED) is 0.716. The number of hydrogen-bond acceptors (Lipinski definition) is 3. The summed E-state index contributed by atoms with van der Waals surface area (Å²) in [6, 6.07) is 0.826. The molecule has 2 rings (SSSR count). The highest BCUT2D eigenvalue weighted by Gasteiger charge is 2.44. The van der Waals surface area contributed by atoms with E-state index in [2.05, 4.69) is 5.32 Å². The zero-order chi connectivity index (χ0) is 12.6. The highest BCUT2D eigenvalue weighted by molar-refractivity contribution is 5.86. The number of primary amides is 1. The van der Waals surface area contributed by atoms with Gasteiger partial charge in [-0.05, 0) is 33.1 Å². The molecule has 0 aromatic rings. The molecule has 2 amide bonds. The molecule has 0 aromatic heterocycles. The lowest BCUT2D eigenvalue weighted by atomic mass is 9.88. The van der Waals surface area contributed by atoms with Crippen LogP contribution in [0.5, 0.6) is 0 Å². The Balaban J connectivity index is 2.03. The molecule has 3 atom stereocenters. The Morgan fingerprint density at radius 3 is 2.53 bits per heavy atom. The van der Waals surface area contributed by atoms with Crippen LogP contribution in [0.25, 0.3) is 0 Å². The number of fused-ring (bicyclic) bond motifs is 2. The Kier molecular flexibility index (Phi) is 3.38. The highest BCUT2D eigenvalue weighted by Crippen LogP contribution is 2.34. The summed E-state index contributed by atoms with van der Waals surface area (Å²) in [6.45, 7) is 3.87. The summed E-state index contributed by atoms with van der Waals surface area (Å²) < 4.78 is 0. The van der Waals surface area contributed by atoms with Crippen molar-refractivity contribution in [1.29, 1.82) is 0 Å². The Bertz CT molecular complexity index is 330. The fourth-order valence-electron chi connectivity index (χ4n) is 2.99. The average molecular weight is 239 g/mol. The minimum absolute atomic E-state index is 0.0223. The molecule has 3 unspecified atom stereocenters. The van der Waals surface area contributed by atoms with Crippen LogP contribution in [0.1, 0.15) is 33.1 Å². The minimum Gasteiger partial charge on any atom is -0.368 e. The molecular weight excluding hydrogens is 218 g/mol. The minimum atomic E-state index is -0.442. The van der Waals surface area contributed by atoms with Crippen LogP contribution < -0.4 is 11.1 Å². The van der Waals surface area contributed by atoms with Crippen LogP contribution in [0.4, 0.5) is 0 Å². The van der Waals surface area contributed by atoms with Gasteiger partial charge < -0.3 is 16.0 Å². The molecule has 5 heteroatoms. The third kappa shape index (κ3) is 2.44. The Morgan fingerprint density at radius 1 is 1.41 bits per heavy atom. The summed E-state index contributed by atoms with van der Waals surface area (Å²) in [5.41, 5.74) is 5.20. The molecule has 5 nitrogen and oxygen atoms in total. The summed E-state index contributed by atoms with van der Waals surface area (Å²) in [5.74, 6) is -0.322. The third-order valence-electron chi connectivity index (χ3n) is 3.85. The third-order valence-corrected chi connectivity index (χ3v) is 3.85. The first-order valence-electron chi connectivity index (χ1n) is 6.34. The van der Waals surface area contributed by atoms with Gasteiger partial charge in [-0.15, -0.1) is 0 Å². The van der Waals surface area contributed by atoms with Gasteiger partial charge >= 0.3 is 0 Å². The van der Waals surface area contributed by atoms with E-state index in [-0.39, 0.29) is 24.4 Å². The fourth-order valence-corrected chi connectivity index (χ4v) is 2.99. The first-order valence-corrected chi connectivity index (χ1v) is 6.34. The van der Waals surface area contributed by atoms with Crippen molar-refractivity contribution >= 4 is 11.8 Å². The van der Waals surface area contributed by atoms with Crippen LogP contribution in [-0.2, 0) is 9.59 Å². The van der Waals surface area contributed by atoms with E-state index < -0.39 is 5.91 Å². The molecule has 0 aliphatic carbocycles. The van der Waals surface area contributed by atoms with Crippen LogP contribution in [0.3, 0.4) is 0 Å². The lowest BCUT2D eigenvalue weighted by Crippen LogP contribution is -2.47. The van der Waals surface area contributed by atoms with Gasteiger partial charge in [-0.25, -0.2) is 0 Å². The molecule has 2 saturated heterocycles. The molecule has 3 N–H and O–H groups in total. The van der Waals surface area contributed by atoms with Crippen molar-refractivity contribution in [3.8, 4) is 0 Å². The predicted octanol–water partition coefficient (Wildman–Crippen LogP) is -0.151. The molecule has 2 fully saturated rings. The van der Waals surface area contributed by atoms with E-state index in [9.17, 15) is 9.59 Å². The van der Waals surface area contributed by atoms with E-state index in [0.29, 0.717) is 12.1 Å². The van der Waals surface area contributed by atoms with Crippen molar-refractivity contribution in [3.63, 3.8) is 0 Å². The number of nitrogens with zero attached hydrogens (tertiary/aromatic N) is 1. The predicted molar refractivity (Wildman–Crippen MR) is 64.1 cm³/mol. The van der Waals surface area contributed by atoms with Gasteiger partial charge in [0.15, 0.2) is 0 Å². The molecular formula is C12H21N3O2. The van der Waals surface area contributed by atoms with E-state index in [0.717, 1.165) is 12.8 Å².